The van der Waals surface area contributed by atoms with Crippen LogP contribution in [-0.4, -0.2) is 33.9 Å². The highest BCUT2D eigenvalue weighted by Gasteiger charge is 2.22. The SMILES string of the molecule is CCC(Sc1nc2ccccc2c(=O)n1C)C(=O)Nc1ccc2c(c1)OCCO2. The lowest BCUT2D eigenvalue weighted by molar-refractivity contribution is -0.115. The van der Waals surface area contributed by atoms with Gasteiger partial charge in [-0.25, -0.2) is 4.98 Å². The van der Waals surface area contributed by atoms with Gasteiger partial charge in [0, 0.05) is 18.8 Å². The molecule has 2 aromatic carbocycles. The Morgan fingerprint density at radius 2 is 1.97 bits per heavy atom. The van der Waals surface area contributed by atoms with Gasteiger partial charge in [-0.05, 0) is 30.7 Å². The van der Waals surface area contributed by atoms with E-state index in [9.17, 15) is 9.59 Å². The summed E-state index contributed by atoms with van der Waals surface area (Å²) in [6.45, 7) is 2.93. The van der Waals surface area contributed by atoms with Crippen molar-refractivity contribution in [3.05, 3.63) is 52.8 Å². The average Bonchev–Trinajstić information content (AvgIpc) is 2.75. The molecule has 8 heteroatoms. The maximum absolute atomic E-state index is 12.9. The lowest BCUT2D eigenvalue weighted by atomic mass is 10.2. The van der Waals surface area contributed by atoms with E-state index in [4.69, 9.17) is 9.47 Å². The number of rotatable bonds is 5. The van der Waals surface area contributed by atoms with Crippen LogP contribution in [-0.2, 0) is 11.8 Å². The number of thioether (sulfide) groups is 1. The number of nitrogens with zero attached hydrogens (tertiary/aromatic N) is 2. The predicted molar refractivity (Wildman–Crippen MR) is 113 cm³/mol. The van der Waals surface area contributed by atoms with Crippen molar-refractivity contribution in [2.24, 2.45) is 7.05 Å². The zero-order valence-electron chi connectivity index (χ0n) is 16.2. The van der Waals surface area contributed by atoms with Crippen molar-refractivity contribution in [1.29, 1.82) is 0 Å². The number of fused-ring (bicyclic) bond motifs is 2. The van der Waals surface area contributed by atoms with Crippen LogP contribution in [0.1, 0.15) is 13.3 Å². The zero-order valence-corrected chi connectivity index (χ0v) is 17.0. The van der Waals surface area contributed by atoms with E-state index in [2.05, 4.69) is 10.3 Å². The summed E-state index contributed by atoms with van der Waals surface area (Å²) in [5, 5.41) is 3.60. The molecule has 0 radical (unpaired) electrons. The topological polar surface area (TPSA) is 82.5 Å². The van der Waals surface area contributed by atoms with Gasteiger partial charge in [-0.2, -0.15) is 0 Å². The molecular formula is C21H21N3O4S. The van der Waals surface area contributed by atoms with Crippen LogP contribution in [0.15, 0.2) is 52.4 Å². The first kappa shape index (κ1) is 19.3. The van der Waals surface area contributed by atoms with Gasteiger partial charge in [0.05, 0.1) is 16.2 Å². The second-order valence-corrected chi connectivity index (χ2v) is 7.81. The first-order valence-corrected chi connectivity index (χ1v) is 10.3. The number of amides is 1. The number of benzene rings is 2. The third-order valence-corrected chi connectivity index (χ3v) is 6.07. The number of nitrogens with one attached hydrogen (secondary N) is 1. The minimum Gasteiger partial charge on any atom is -0.486 e. The van der Waals surface area contributed by atoms with Gasteiger partial charge in [-0.3, -0.25) is 14.2 Å². The van der Waals surface area contributed by atoms with Crippen LogP contribution in [0.25, 0.3) is 10.9 Å². The van der Waals surface area contributed by atoms with Gasteiger partial charge >= 0.3 is 0 Å². The Hall–Kier alpha value is -3.00. The Labute approximate surface area is 172 Å². The minimum absolute atomic E-state index is 0.125. The van der Waals surface area contributed by atoms with Crippen molar-refractivity contribution in [3.63, 3.8) is 0 Å². The van der Waals surface area contributed by atoms with E-state index < -0.39 is 5.25 Å². The Kier molecular flexibility index (Phi) is 5.44. The number of hydrogen-bond donors (Lipinski definition) is 1. The van der Waals surface area contributed by atoms with E-state index >= 15 is 0 Å². The summed E-state index contributed by atoms with van der Waals surface area (Å²) in [5.74, 6) is 1.14. The van der Waals surface area contributed by atoms with Gasteiger partial charge in [-0.1, -0.05) is 30.8 Å². The quantitative estimate of drug-likeness (QED) is 0.513. The molecule has 1 aliphatic heterocycles. The van der Waals surface area contributed by atoms with Crippen LogP contribution >= 0.6 is 11.8 Å². The Bertz CT molecular complexity index is 1130. The summed E-state index contributed by atoms with van der Waals surface area (Å²) in [5.41, 5.74) is 1.14. The lowest BCUT2D eigenvalue weighted by Gasteiger charge is -2.20. The summed E-state index contributed by atoms with van der Waals surface area (Å²) >= 11 is 1.28. The minimum atomic E-state index is -0.400. The maximum atomic E-state index is 12.9. The van der Waals surface area contributed by atoms with Crippen molar-refractivity contribution in [2.45, 2.75) is 23.8 Å². The molecule has 1 aliphatic rings. The van der Waals surface area contributed by atoms with E-state index in [1.807, 2.05) is 19.1 Å². The monoisotopic (exact) mass is 411 g/mol. The van der Waals surface area contributed by atoms with Crippen LogP contribution < -0.4 is 20.3 Å². The van der Waals surface area contributed by atoms with E-state index in [-0.39, 0.29) is 11.5 Å². The maximum Gasteiger partial charge on any atom is 0.261 e. The summed E-state index contributed by atoms with van der Waals surface area (Å²) in [7, 11) is 1.68. The van der Waals surface area contributed by atoms with Crippen LogP contribution in [0.2, 0.25) is 0 Å². The number of ether oxygens (including phenoxy) is 2. The van der Waals surface area contributed by atoms with Crippen LogP contribution in [0.3, 0.4) is 0 Å². The largest absolute Gasteiger partial charge is 0.486 e. The third kappa shape index (κ3) is 3.93. The van der Waals surface area contributed by atoms with Gasteiger partial charge < -0.3 is 14.8 Å². The fourth-order valence-electron chi connectivity index (χ4n) is 3.10. The highest BCUT2D eigenvalue weighted by molar-refractivity contribution is 8.00. The second-order valence-electron chi connectivity index (χ2n) is 6.64. The third-order valence-electron chi connectivity index (χ3n) is 4.66. The van der Waals surface area contributed by atoms with Crippen molar-refractivity contribution >= 4 is 34.3 Å². The Morgan fingerprint density at radius 1 is 1.21 bits per heavy atom. The van der Waals surface area contributed by atoms with Gasteiger partial charge in [0.15, 0.2) is 16.7 Å². The molecule has 0 saturated heterocycles. The normalized spacial score (nSPS) is 13.9. The molecule has 3 aromatic rings. The van der Waals surface area contributed by atoms with Crippen molar-refractivity contribution in [2.75, 3.05) is 18.5 Å². The zero-order chi connectivity index (χ0) is 20.4. The first-order chi connectivity index (χ1) is 14.1. The van der Waals surface area contributed by atoms with Crippen LogP contribution in [0.4, 0.5) is 5.69 Å². The molecule has 0 spiro atoms. The number of hydrogen-bond acceptors (Lipinski definition) is 6. The number of para-hydroxylation sites is 1. The highest BCUT2D eigenvalue weighted by Crippen LogP contribution is 2.33. The molecule has 2 heterocycles. The van der Waals surface area contributed by atoms with E-state index in [1.165, 1.54) is 16.3 Å². The second kappa shape index (κ2) is 8.16. The van der Waals surface area contributed by atoms with Crippen molar-refractivity contribution < 1.29 is 14.3 Å². The van der Waals surface area contributed by atoms with Crippen LogP contribution in [0.5, 0.6) is 11.5 Å². The fourth-order valence-corrected chi connectivity index (χ4v) is 4.08. The molecule has 7 nitrogen and oxygen atoms in total. The number of carbonyl (C=O) groups excluding carboxylic acids is 1. The van der Waals surface area contributed by atoms with Crippen molar-refractivity contribution in [3.8, 4) is 11.5 Å². The highest BCUT2D eigenvalue weighted by atomic mass is 32.2. The Balaban J connectivity index is 1.55. The van der Waals surface area contributed by atoms with E-state index in [1.54, 1.807) is 37.4 Å². The number of anilines is 1. The van der Waals surface area contributed by atoms with E-state index in [0.29, 0.717) is 52.9 Å². The average molecular weight is 411 g/mol. The van der Waals surface area contributed by atoms with Crippen molar-refractivity contribution in [1.82, 2.24) is 9.55 Å². The molecule has 1 atom stereocenters. The van der Waals surface area contributed by atoms with Crippen LogP contribution in [0, 0.1) is 0 Å². The molecule has 1 aromatic heterocycles. The van der Waals surface area contributed by atoms with Gasteiger partial charge in [0.1, 0.15) is 13.2 Å². The summed E-state index contributed by atoms with van der Waals surface area (Å²) in [4.78, 5) is 30.0. The molecule has 29 heavy (non-hydrogen) atoms. The summed E-state index contributed by atoms with van der Waals surface area (Å²) in [6, 6.07) is 12.5. The molecule has 1 N–H and O–H groups in total. The predicted octanol–water partition coefficient (Wildman–Crippen LogP) is 3.21. The fraction of sp³-hybridized carbons (Fsp3) is 0.286. The molecule has 1 unspecified atom stereocenters. The molecule has 0 saturated carbocycles. The molecule has 150 valence electrons. The Morgan fingerprint density at radius 3 is 2.76 bits per heavy atom. The smallest absolute Gasteiger partial charge is 0.261 e. The molecule has 4 rings (SSSR count). The van der Waals surface area contributed by atoms with Gasteiger partial charge in [0.25, 0.3) is 5.56 Å². The van der Waals surface area contributed by atoms with Gasteiger partial charge in [0.2, 0.25) is 5.91 Å². The molecule has 0 fully saturated rings. The lowest BCUT2D eigenvalue weighted by Crippen LogP contribution is -2.27. The standard InChI is InChI=1S/C21H21N3O4S/c1-3-18(19(25)22-13-8-9-16-17(12-13)28-11-10-27-16)29-21-23-15-7-5-4-6-14(15)20(26)24(21)2/h4-9,12,18H,3,10-11H2,1-2H3,(H,22,25). The molecule has 0 aliphatic carbocycles. The van der Waals surface area contributed by atoms with Gasteiger partial charge in [-0.15, -0.1) is 0 Å². The summed E-state index contributed by atoms with van der Waals surface area (Å²) < 4.78 is 12.6. The van der Waals surface area contributed by atoms with E-state index in [0.717, 1.165) is 0 Å². The summed E-state index contributed by atoms with van der Waals surface area (Å²) in [6.07, 6.45) is 0.587. The molecule has 1 amide bonds. The molecular weight excluding hydrogens is 390 g/mol. The molecule has 0 bridgehead atoms. The number of aromatic nitrogens is 2. The number of carbonyl (C=O) groups is 1. The first-order valence-electron chi connectivity index (χ1n) is 9.39.